The van der Waals surface area contributed by atoms with E-state index in [0.29, 0.717) is 8.39 Å². The average Bonchev–Trinajstić information content (AvgIpc) is 1.64. The molecule has 0 aliphatic carbocycles. The minimum Gasteiger partial charge on any atom is -0.318 e. The van der Waals surface area contributed by atoms with E-state index in [1.54, 1.807) is 0 Å². The first kappa shape index (κ1) is 8.84. The number of nitrogens with two attached hydrogens (primary N) is 1. The van der Waals surface area contributed by atoms with E-state index in [1.807, 2.05) is 0 Å². The van der Waals surface area contributed by atoms with Gasteiger partial charge in [-0.05, 0) is 0 Å². The Morgan fingerprint density at radius 2 is 1.50 bits per heavy atom. The van der Waals surface area contributed by atoms with Crippen molar-refractivity contribution in [2.45, 2.75) is 6.04 Å². The summed E-state index contributed by atoms with van der Waals surface area (Å²) in [6.07, 6.45) is 0. The summed E-state index contributed by atoms with van der Waals surface area (Å²) in [4.78, 5) is 0. The van der Waals surface area contributed by atoms with Gasteiger partial charge in [0.15, 0.2) is 0 Å². The second kappa shape index (κ2) is 3.79. The van der Waals surface area contributed by atoms with Crippen LogP contribution in [0.3, 0.4) is 0 Å². The molecular weight excluding hydrogens is 178 g/mol. The Hall–Kier alpha value is 0.840. The van der Waals surface area contributed by atoms with Gasteiger partial charge in [0, 0.05) is 0 Å². The molecule has 0 heterocycles. The fraction of sp³-hybridized carbons (Fsp3) is 0.333. The van der Waals surface area contributed by atoms with E-state index in [9.17, 15) is 0 Å². The standard InChI is InChI=1S/C3H5NS4/c4-1(2(5)6)3(7)8/h1H,4H2,(H,5,6)(H,7,8). The first-order chi connectivity index (χ1) is 3.55. The van der Waals surface area contributed by atoms with Crippen molar-refractivity contribution in [2.24, 2.45) is 5.73 Å². The second-order valence-corrected chi connectivity index (χ2v) is 3.60. The van der Waals surface area contributed by atoms with Gasteiger partial charge in [-0.15, -0.1) is 25.3 Å². The van der Waals surface area contributed by atoms with Crippen molar-refractivity contribution in [3.05, 3.63) is 0 Å². The summed E-state index contributed by atoms with van der Waals surface area (Å²) in [6, 6.07) is -0.438. The summed E-state index contributed by atoms with van der Waals surface area (Å²) in [6.45, 7) is 0. The van der Waals surface area contributed by atoms with Gasteiger partial charge in [-0.3, -0.25) is 0 Å². The fourth-order valence-electron chi connectivity index (χ4n) is 0.106. The van der Waals surface area contributed by atoms with Crippen LogP contribution in [0.25, 0.3) is 0 Å². The van der Waals surface area contributed by atoms with E-state index in [-0.39, 0.29) is 0 Å². The highest BCUT2D eigenvalue weighted by molar-refractivity contribution is 8.14. The molecule has 0 aromatic heterocycles. The van der Waals surface area contributed by atoms with Gasteiger partial charge >= 0.3 is 0 Å². The zero-order valence-electron chi connectivity index (χ0n) is 3.87. The molecule has 0 bridgehead atoms. The molecule has 5 heteroatoms. The Morgan fingerprint density at radius 1 is 1.25 bits per heavy atom. The summed E-state index contributed by atoms with van der Waals surface area (Å²) in [5.41, 5.74) is 5.32. The molecule has 8 heavy (non-hydrogen) atoms. The van der Waals surface area contributed by atoms with Crippen LogP contribution >= 0.6 is 49.7 Å². The molecule has 0 radical (unpaired) electrons. The Bertz CT molecular complexity index is 106. The van der Waals surface area contributed by atoms with E-state index in [2.05, 4.69) is 49.7 Å². The zero-order valence-corrected chi connectivity index (χ0v) is 7.29. The van der Waals surface area contributed by atoms with E-state index < -0.39 is 6.04 Å². The summed E-state index contributed by atoms with van der Waals surface area (Å²) in [5, 5.41) is 0. The highest BCUT2D eigenvalue weighted by Crippen LogP contribution is 1.96. The molecule has 1 nitrogen and oxygen atoms in total. The highest BCUT2D eigenvalue weighted by atomic mass is 32.1. The molecule has 0 spiro atoms. The van der Waals surface area contributed by atoms with Crippen LogP contribution in [0.15, 0.2) is 0 Å². The fourth-order valence-corrected chi connectivity index (χ4v) is 0.951. The smallest absolute Gasteiger partial charge is 0.0874 e. The van der Waals surface area contributed by atoms with Crippen LogP contribution < -0.4 is 5.73 Å². The molecule has 0 saturated carbocycles. The first-order valence-electron chi connectivity index (χ1n) is 1.77. The van der Waals surface area contributed by atoms with Crippen molar-refractivity contribution in [3.63, 3.8) is 0 Å². The summed E-state index contributed by atoms with van der Waals surface area (Å²) < 4.78 is 0.759. The van der Waals surface area contributed by atoms with E-state index >= 15 is 0 Å². The molecule has 0 saturated heterocycles. The van der Waals surface area contributed by atoms with Crippen LogP contribution in [0, 0.1) is 0 Å². The molecule has 0 rings (SSSR count). The van der Waals surface area contributed by atoms with Gasteiger partial charge in [-0.2, -0.15) is 0 Å². The summed E-state index contributed by atoms with van der Waals surface area (Å²) >= 11 is 16.8. The van der Waals surface area contributed by atoms with Crippen molar-refractivity contribution in [1.82, 2.24) is 0 Å². The van der Waals surface area contributed by atoms with Crippen LogP contribution in [-0.2, 0) is 0 Å². The minimum atomic E-state index is -0.438. The van der Waals surface area contributed by atoms with Gasteiger partial charge < -0.3 is 5.73 Å². The third-order valence-electron chi connectivity index (χ3n) is 0.532. The van der Waals surface area contributed by atoms with Crippen molar-refractivity contribution in [3.8, 4) is 0 Å². The van der Waals surface area contributed by atoms with Crippen molar-refractivity contribution < 1.29 is 0 Å². The van der Waals surface area contributed by atoms with E-state index in [1.165, 1.54) is 0 Å². The van der Waals surface area contributed by atoms with Crippen LogP contribution in [0.1, 0.15) is 0 Å². The zero-order chi connectivity index (χ0) is 6.73. The lowest BCUT2D eigenvalue weighted by atomic mass is 10.4. The largest absolute Gasteiger partial charge is 0.318 e. The van der Waals surface area contributed by atoms with Crippen molar-refractivity contribution >= 4 is 58.1 Å². The maximum atomic E-state index is 5.32. The highest BCUT2D eigenvalue weighted by Gasteiger charge is 2.06. The molecule has 0 aromatic rings. The number of hydrogen-bond donors (Lipinski definition) is 3. The van der Waals surface area contributed by atoms with E-state index in [4.69, 9.17) is 5.73 Å². The number of hydrogen-bond acceptors (Lipinski definition) is 3. The second-order valence-electron chi connectivity index (χ2n) is 1.15. The van der Waals surface area contributed by atoms with Gasteiger partial charge in [0.2, 0.25) is 0 Å². The molecular formula is C3H5NS4. The Morgan fingerprint density at radius 3 is 1.50 bits per heavy atom. The molecule has 0 fully saturated rings. The number of thiol groups is 2. The molecule has 46 valence electrons. The van der Waals surface area contributed by atoms with Gasteiger partial charge in [0.1, 0.15) is 0 Å². The molecule has 0 amide bonds. The maximum absolute atomic E-state index is 5.32. The predicted octanol–water partition coefficient (Wildman–Crippen LogP) is 0.828. The van der Waals surface area contributed by atoms with E-state index in [0.717, 1.165) is 0 Å². The summed E-state index contributed by atoms with van der Waals surface area (Å²) in [5.74, 6) is 0. The van der Waals surface area contributed by atoms with Gasteiger partial charge in [0.25, 0.3) is 0 Å². The normalized spacial score (nSPS) is 9.50. The third-order valence-corrected chi connectivity index (χ3v) is 1.60. The maximum Gasteiger partial charge on any atom is 0.0874 e. The number of rotatable bonds is 2. The SMILES string of the molecule is NC(C(=S)S)C(=S)S. The van der Waals surface area contributed by atoms with Crippen LogP contribution in [0.2, 0.25) is 0 Å². The van der Waals surface area contributed by atoms with Gasteiger partial charge in [0.05, 0.1) is 14.4 Å². The lowest BCUT2D eigenvalue weighted by molar-refractivity contribution is 1.21. The van der Waals surface area contributed by atoms with Gasteiger partial charge in [-0.1, -0.05) is 24.4 Å². The molecule has 0 atom stereocenters. The average molecular weight is 183 g/mol. The van der Waals surface area contributed by atoms with Crippen molar-refractivity contribution in [2.75, 3.05) is 0 Å². The molecule has 0 aliphatic heterocycles. The molecule has 2 N–H and O–H groups in total. The molecule has 0 aliphatic rings. The predicted molar refractivity (Wildman–Crippen MR) is 51.1 cm³/mol. The summed E-state index contributed by atoms with van der Waals surface area (Å²) in [7, 11) is 0. The quantitative estimate of drug-likeness (QED) is 0.437. The van der Waals surface area contributed by atoms with Crippen LogP contribution in [-0.4, -0.2) is 14.4 Å². The Balaban J connectivity index is 3.83. The Kier molecular flexibility index (Phi) is 4.19. The van der Waals surface area contributed by atoms with Crippen molar-refractivity contribution in [1.29, 1.82) is 0 Å². The Labute approximate surface area is 69.8 Å². The molecule has 0 aromatic carbocycles. The van der Waals surface area contributed by atoms with Crippen LogP contribution in [0.4, 0.5) is 0 Å². The topological polar surface area (TPSA) is 26.0 Å². The monoisotopic (exact) mass is 183 g/mol. The van der Waals surface area contributed by atoms with Gasteiger partial charge in [-0.25, -0.2) is 0 Å². The third kappa shape index (κ3) is 2.99. The minimum absolute atomic E-state index is 0.380. The van der Waals surface area contributed by atoms with Crippen LogP contribution in [0.5, 0.6) is 0 Å². The lowest BCUT2D eigenvalue weighted by Crippen LogP contribution is -2.30. The lowest BCUT2D eigenvalue weighted by Gasteiger charge is -2.03. The number of thiocarbonyl (C=S) groups is 2. The first-order valence-corrected chi connectivity index (χ1v) is 3.48. The molecule has 0 unspecified atom stereocenters.